The average Bonchev–Trinajstić information content (AvgIpc) is 3.19. The van der Waals surface area contributed by atoms with E-state index in [-0.39, 0.29) is 11.4 Å². The summed E-state index contributed by atoms with van der Waals surface area (Å²) in [7, 11) is 0. The number of urea groups is 1. The number of likely N-dealkylation sites (tertiary alicyclic amines) is 1. The first-order valence-electron chi connectivity index (χ1n) is 8.73. The van der Waals surface area contributed by atoms with Crippen LogP contribution in [0.1, 0.15) is 32.0 Å². The molecule has 0 bridgehead atoms. The third-order valence-electron chi connectivity index (χ3n) is 5.46. The van der Waals surface area contributed by atoms with Crippen LogP contribution in [0.5, 0.6) is 0 Å². The molecule has 1 spiro atoms. The molecule has 2 aliphatic rings. The summed E-state index contributed by atoms with van der Waals surface area (Å²) in [6, 6.07) is 4.13. The summed E-state index contributed by atoms with van der Waals surface area (Å²) in [6.07, 6.45) is 8.75. The smallest absolute Gasteiger partial charge is 0.317 e. The second kappa shape index (κ2) is 5.92. The van der Waals surface area contributed by atoms with E-state index < -0.39 is 0 Å². The molecule has 126 valence electrons. The summed E-state index contributed by atoms with van der Waals surface area (Å²) < 4.78 is 2.36. The van der Waals surface area contributed by atoms with Gasteiger partial charge < -0.3 is 14.8 Å². The highest BCUT2D eigenvalue weighted by molar-refractivity contribution is 5.74. The first kappa shape index (κ1) is 15.2. The van der Waals surface area contributed by atoms with E-state index in [2.05, 4.69) is 14.9 Å². The Labute approximate surface area is 141 Å². The van der Waals surface area contributed by atoms with E-state index in [0.717, 1.165) is 38.9 Å². The van der Waals surface area contributed by atoms with E-state index in [1.807, 2.05) is 42.5 Å². The largest absolute Gasteiger partial charge is 0.338 e. The predicted molar refractivity (Wildman–Crippen MR) is 91.6 cm³/mol. The van der Waals surface area contributed by atoms with Crippen LogP contribution in [0.2, 0.25) is 0 Å². The van der Waals surface area contributed by atoms with Crippen LogP contribution in [0.4, 0.5) is 4.79 Å². The van der Waals surface area contributed by atoms with Gasteiger partial charge in [0.05, 0.1) is 11.9 Å². The molecular formula is C18H23N5O. The van der Waals surface area contributed by atoms with Gasteiger partial charge in [-0.2, -0.15) is 0 Å². The minimum atomic E-state index is 0.0613. The van der Waals surface area contributed by atoms with Gasteiger partial charge in [-0.25, -0.2) is 9.78 Å². The number of rotatable bonds is 2. The fraction of sp³-hybridized carbons (Fsp3) is 0.500. The number of carbonyl (C=O) groups excluding carboxylic acids is 1. The monoisotopic (exact) mass is 325 g/mol. The first-order valence-corrected chi connectivity index (χ1v) is 8.73. The molecule has 1 fully saturated rings. The van der Waals surface area contributed by atoms with Gasteiger partial charge in [0.1, 0.15) is 5.82 Å². The second-order valence-electron chi connectivity index (χ2n) is 6.71. The van der Waals surface area contributed by atoms with Crippen molar-refractivity contribution in [3.8, 4) is 11.3 Å². The predicted octanol–water partition coefficient (Wildman–Crippen LogP) is 2.41. The normalized spacial score (nSPS) is 18.6. The lowest BCUT2D eigenvalue weighted by atomic mass is 9.77. The molecule has 1 N–H and O–H groups in total. The summed E-state index contributed by atoms with van der Waals surface area (Å²) in [4.78, 5) is 22.8. The number of fused-ring (bicyclic) bond motifs is 2. The number of nitrogens with one attached hydrogen (secondary N) is 1. The Morgan fingerprint density at radius 1 is 1.21 bits per heavy atom. The zero-order valence-corrected chi connectivity index (χ0v) is 14.0. The van der Waals surface area contributed by atoms with Gasteiger partial charge in [-0.3, -0.25) is 4.98 Å². The lowest BCUT2D eigenvalue weighted by Gasteiger charge is -2.38. The molecule has 6 heteroatoms. The summed E-state index contributed by atoms with van der Waals surface area (Å²) in [6.45, 7) is 5.26. The maximum atomic E-state index is 12.0. The average molecular weight is 325 g/mol. The lowest BCUT2D eigenvalue weighted by Crippen LogP contribution is -2.48. The number of hydrogen-bond donors (Lipinski definition) is 1. The first-order chi connectivity index (χ1) is 11.7. The molecule has 0 unspecified atom stereocenters. The summed E-state index contributed by atoms with van der Waals surface area (Å²) in [5.41, 5.74) is 2.48. The van der Waals surface area contributed by atoms with E-state index in [1.165, 1.54) is 17.1 Å². The van der Waals surface area contributed by atoms with Crippen molar-refractivity contribution >= 4 is 6.03 Å². The van der Waals surface area contributed by atoms with Crippen LogP contribution in [0.15, 0.2) is 30.7 Å². The minimum Gasteiger partial charge on any atom is -0.338 e. The summed E-state index contributed by atoms with van der Waals surface area (Å²) >= 11 is 0. The highest BCUT2D eigenvalue weighted by atomic mass is 16.2. The summed E-state index contributed by atoms with van der Waals surface area (Å²) in [5, 5.41) is 2.90. The zero-order chi connectivity index (χ0) is 16.6. The van der Waals surface area contributed by atoms with Crippen LogP contribution in [0, 0.1) is 0 Å². The molecule has 2 aromatic rings. The number of hydrogen-bond acceptors (Lipinski definition) is 3. The Hall–Kier alpha value is -2.37. The van der Waals surface area contributed by atoms with Gasteiger partial charge in [-0.1, -0.05) is 0 Å². The molecule has 2 aromatic heterocycles. The molecule has 6 nitrogen and oxygen atoms in total. The third-order valence-corrected chi connectivity index (χ3v) is 5.46. The van der Waals surface area contributed by atoms with Crippen LogP contribution in [-0.2, 0) is 12.0 Å². The van der Waals surface area contributed by atoms with Crippen molar-refractivity contribution in [2.75, 3.05) is 19.6 Å². The minimum absolute atomic E-state index is 0.0613. The van der Waals surface area contributed by atoms with Gasteiger partial charge in [0.2, 0.25) is 0 Å². The quantitative estimate of drug-likeness (QED) is 0.922. The summed E-state index contributed by atoms with van der Waals surface area (Å²) in [5.74, 6) is 1.20. The highest BCUT2D eigenvalue weighted by Crippen LogP contribution is 2.44. The second-order valence-corrected chi connectivity index (χ2v) is 6.71. The van der Waals surface area contributed by atoms with Crippen molar-refractivity contribution in [2.24, 2.45) is 0 Å². The van der Waals surface area contributed by atoms with Crippen molar-refractivity contribution in [1.82, 2.24) is 24.8 Å². The van der Waals surface area contributed by atoms with Gasteiger partial charge >= 0.3 is 6.03 Å². The topological polar surface area (TPSA) is 63.1 Å². The Morgan fingerprint density at radius 2 is 1.92 bits per heavy atom. The maximum absolute atomic E-state index is 12.0. The number of aromatic nitrogens is 3. The molecular weight excluding hydrogens is 302 g/mol. The van der Waals surface area contributed by atoms with E-state index in [0.29, 0.717) is 6.54 Å². The number of nitrogens with zero attached hydrogens (tertiary/aromatic N) is 4. The number of amides is 2. The molecule has 2 aliphatic heterocycles. The van der Waals surface area contributed by atoms with Gasteiger partial charge in [0, 0.05) is 49.6 Å². The molecule has 0 radical (unpaired) electrons. The van der Waals surface area contributed by atoms with Gasteiger partial charge in [-0.05, 0) is 38.3 Å². The molecule has 4 heterocycles. The van der Waals surface area contributed by atoms with Crippen LogP contribution in [0.3, 0.4) is 0 Å². The van der Waals surface area contributed by atoms with Crippen LogP contribution < -0.4 is 5.32 Å². The van der Waals surface area contributed by atoms with E-state index in [4.69, 9.17) is 4.98 Å². The molecule has 4 rings (SSSR count). The molecule has 0 saturated carbocycles. The molecule has 1 saturated heterocycles. The zero-order valence-electron chi connectivity index (χ0n) is 14.0. The van der Waals surface area contributed by atoms with Crippen LogP contribution in [0.25, 0.3) is 11.3 Å². The fourth-order valence-electron chi connectivity index (χ4n) is 4.09. The Kier molecular flexibility index (Phi) is 3.75. The van der Waals surface area contributed by atoms with E-state index >= 15 is 0 Å². The Balaban J connectivity index is 1.55. The maximum Gasteiger partial charge on any atom is 0.317 e. The van der Waals surface area contributed by atoms with Crippen LogP contribution >= 0.6 is 0 Å². The van der Waals surface area contributed by atoms with Gasteiger partial charge in [0.25, 0.3) is 0 Å². The fourth-order valence-corrected chi connectivity index (χ4v) is 4.09. The third kappa shape index (κ3) is 2.37. The number of imidazole rings is 1. The molecule has 0 atom stereocenters. The van der Waals surface area contributed by atoms with Gasteiger partial charge in [0.15, 0.2) is 0 Å². The SMILES string of the molecule is CCNC(=O)N1CCC2(CC1)CCn1c(-c3ccncc3)cnc12. The highest BCUT2D eigenvalue weighted by Gasteiger charge is 2.44. The van der Waals surface area contributed by atoms with Crippen molar-refractivity contribution in [3.63, 3.8) is 0 Å². The number of pyridine rings is 1. The van der Waals surface area contributed by atoms with Crippen molar-refractivity contribution < 1.29 is 4.79 Å². The van der Waals surface area contributed by atoms with Crippen molar-refractivity contribution in [3.05, 3.63) is 36.5 Å². The Morgan fingerprint density at radius 3 is 2.62 bits per heavy atom. The Bertz CT molecular complexity index is 731. The lowest BCUT2D eigenvalue weighted by molar-refractivity contribution is 0.156. The molecule has 24 heavy (non-hydrogen) atoms. The standard InChI is InChI=1S/C18H23N5O/c1-2-20-17(24)22-10-5-18(6-11-22)7-12-23-15(13-21-16(18)23)14-3-8-19-9-4-14/h3-4,8-9,13H,2,5-7,10-12H2,1H3,(H,20,24). The van der Waals surface area contributed by atoms with E-state index in [1.54, 1.807) is 0 Å². The number of carbonyl (C=O) groups is 1. The van der Waals surface area contributed by atoms with Crippen molar-refractivity contribution in [2.45, 2.75) is 38.1 Å². The molecule has 0 aliphatic carbocycles. The van der Waals surface area contributed by atoms with Crippen molar-refractivity contribution in [1.29, 1.82) is 0 Å². The molecule has 0 aromatic carbocycles. The van der Waals surface area contributed by atoms with E-state index in [9.17, 15) is 4.79 Å². The van der Waals surface area contributed by atoms with Crippen LogP contribution in [-0.4, -0.2) is 45.1 Å². The molecule has 2 amide bonds. The number of piperidine rings is 1. The van der Waals surface area contributed by atoms with Gasteiger partial charge in [-0.15, -0.1) is 0 Å².